The largest absolute Gasteiger partial charge is 0.497 e. The molecule has 0 unspecified atom stereocenters. The lowest BCUT2D eigenvalue weighted by molar-refractivity contribution is -0.0754. The van der Waals surface area contributed by atoms with Gasteiger partial charge in [-0.3, -0.25) is 0 Å². The Bertz CT molecular complexity index is 808. The lowest BCUT2D eigenvalue weighted by Crippen LogP contribution is -2.61. The van der Waals surface area contributed by atoms with E-state index in [1.165, 1.54) is 4.88 Å². The topological polar surface area (TPSA) is 56.5 Å². The zero-order valence-electron chi connectivity index (χ0n) is 14.0. The Morgan fingerprint density at radius 2 is 2.08 bits per heavy atom. The Hall–Kier alpha value is -2.15. The van der Waals surface area contributed by atoms with Gasteiger partial charge in [0, 0.05) is 29.5 Å². The van der Waals surface area contributed by atoms with E-state index in [9.17, 15) is 0 Å². The monoisotopic (exact) mass is 356 g/mol. The van der Waals surface area contributed by atoms with Gasteiger partial charge in [-0.05, 0) is 35.7 Å². The summed E-state index contributed by atoms with van der Waals surface area (Å²) in [7, 11) is 1.66. The highest BCUT2D eigenvalue weighted by atomic mass is 32.1. The zero-order chi connectivity index (χ0) is 17.1. The summed E-state index contributed by atoms with van der Waals surface area (Å²) in [6, 6.07) is 14.0. The first kappa shape index (κ1) is 16.3. The maximum atomic E-state index is 5.53. The number of nitrogens with zero attached hydrogens (tertiary/aromatic N) is 1. The molecule has 1 aliphatic rings. The molecule has 2 aromatic heterocycles. The molecule has 0 bridgehead atoms. The summed E-state index contributed by atoms with van der Waals surface area (Å²) < 4.78 is 16.2. The molecule has 1 aromatic carbocycles. The van der Waals surface area contributed by atoms with Gasteiger partial charge in [0.05, 0.1) is 31.6 Å². The van der Waals surface area contributed by atoms with Gasteiger partial charge in [-0.1, -0.05) is 11.2 Å². The predicted molar refractivity (Wildman–Crippen MR) is 96.9 cm³/mol. The van der Waals surface area contributed by atoms with Crippen LogP contribution in [0.4, 0.5) is 0 Å². The smallest absolute Gasteiger partial charge is 0.167 e. The molecular formula is C19H20N2O3S. The molecule has 130 valence electrons. The van der Waals surface area contributed by atoms with Gasteiger partial charge in [-0.15, -0.1) is 11.3 Å². The number of methoxy groups -OCH3 is 1. The lowest BCUT2D eigenvalue weighted by atomic mass is 9.91. The molecule has 1 N–H and O–H groups in total. The molecule has 5 nitrogen and oxygen atoms in total. The molecular weight excluding hydrogens is 336 g/mol. The first-order valence-corrected chi connectivity index (χ1v) is 9.09. The third-order valence-electron chi connectivity index (χ3n) is 4.43. The second-order valence-electron chi connectivity index (χ2n) is 6.29. The highest BCUT2D eigenvalue weighted by molar-refractivity contribution is 7.09. The number of aromatic nitrogens is 1. The summed E-state index contributed by atoms with van der Waals surface area (Å²) in [6.45, 7) is 2.25. The van der Waals surface area contributed by atoms with Crippen molar-refractivity contribution in [2.75, 3.05) is 20.3 Å². The van der Waals surface area contributed by atoms with Crippen molar-refractivity contribution in [1.29, 1.82) is 0 Å². The Labute approximate surface area is 150 Å². The van der Waals surface area contributed by atoms with Gasteiger partial charge in [-0.25, -0.2) is 0 Å². The Morgan fingerprint density at radius 1 is 1.24 bits per heavy atom. The normalized spacial score (nSPS) is 15.7. The van der Waals surface area contributed by atoms with E-state index in [2.05, 4.69) is 28.0 Å². The van der Waals surface area contributed by atoms with Crippen LogP contribution in [0.15, 0.2) is 52.4 Å². The standard InChI is InChI=1S/C19H20N2O3S/c1-22-16-6-4-14(5-7-16)18-9-15(21-24-18)10-19(12-23-13-19)20-11-17-3-2-8-25-17/h2-9,20H,10-13H2,1H3. The molecule has 1 fully saturated rings. The number of thiophene rings is 1. The van der Waals surface area contributed by atoms with E-state index in [1.54, 1.807) is 18.4 Å². The molecule has 25 heavy (non-hydrogen) atoms. The fourth-order valence-electron chi connectivity index (χ4n) is 2.94. The van der Waals surface area contributed by atoms with E-state index in [4.69, 9.17) is 14.0 Å². The van der Waals surface area contributed by atoms with E-state index in [1.807, 2.05) is 30.3 Å². The van der Waals surface area contributed by atoms with Crippen LogP contribution in [0.3, 0.4) is 0 Å². The molecule has 6 heteroatoms. The molecule has 0 saturated carbocycles. The van der Waals surface area contributed by atoms with Gasteiger partial charge >= 0.3 is 0 Å². The average molecular weight is 356 g/mol. The number of rotatable bonds is 7. The fourth-order valence-corrected chi connectivity index (χ4v) is 3.58. The summed E-state index contributed by atoms with van der Waals surface area (Å²) >= 11 is 1.76. The van der Waals surface area contributed by atoms with Crippen LogP contribution in [0.2, 0.25) is 0 Å². The first-order chi connectivity index (χ1) is 12.3. The van der Waals surface area contributed by atoms with Gasteiger partial charge in [0.1, 0.15) is 5.75 Å². The van der Waals surface area contributed by atoms with Crippen LogP contribution in [0.25, 0.3) is 11.3 Å². The predicted octanol–water partition coefficient (Wildman–Crippen LogP) is 3.51. The third kappa shape index (κ3) is 3.61. The molecule has 4 rings (SSSR count). The quantitative estimate of drug-likeness (QED) is 0.702. The van der Waals surface area contributed by atoms with Crippen molar-refractivity contribution in [3.63, 3.8) is 0 Å². The maximum Gasteiger partial charge on any atom is 0.167 e. The third-order valence-corrected chi connectivity index (χ3v) is 5.30. The van der Waals surface area contributed by atoms with Crippen LogP contribution in [0.5, 0.6) is 5.75 Å². The summed E-state index contributed by atoms with van der Waals surface area (Å²) in [5.41, 5.74) is 1.87. The molecule has 3 aromatic rings. The van der Waals surface area contributed by atoms with E-state index in [0.717, 1.165) is 35.7 Å². The van der Waals surface area contributed by atoms with Crippen LogP contribution in [-0.2, 0) is 17.7 Å². The van der Waals surface area contributed by atoms with Gasteiger partial charge in [0.15, 0.2) is 5.76 Å². The molecule has 1 aliphatic heterocycles. The van der Waals surface area contributed by atoms with Crippen LogP contribution in [-0.4, -0.2) is 31.0 Å². The number of hydrogen-bond donors (Lipinski definition) is 1. The number of hydrogen-bond acceptors (Lipinski definition) is 6. The summed E-state index contributed by atoms with van der Waals surface area (Å²) in [4.78, 5) is 1.32. The molecule has 0 amide bonds. The van der Waals surface area contributed by atoms with Crippen molar-refractivity contribution in [2.24, 2.45) is 0 Å². The summed E-state index contributed by atoms with van der Waals surface area (Å²) in [5.74, 6) is 1.60. The highest BCUT2D eigenvalue weighted by Gasteiger charge is 2.39. The first-order valence-electron chi connectivity index (χ1n) is 8.22. The van der Waals surface area contributed by atoms with Crippen LogP contribution < -0.4 is 10.1 Å². The number of nitrogens with one attached hydrogen (secondary N) is 1. The van der Waals surface area contributed by atoms with Crippen molar-refractivity contribution in [3.05, 3.63) is 58.4 Å². The average Bonchev–Trinajstić information content (AvgIpc) is 3.29. The van der Waals surface area contributed by atoms with Crippen LogP contribution in [0.1, 0.15) is 10.6 Å². The second kappa shape index (κ2) is 7.00. The Balaban J connectivity index is 1.43. The lowest BCUT2D eigenvalue weighted by Gasteiger charge is -2.41. The molecule has 3 heterocycles. The van der Waals surface area contributed by atoms with Crippen molar-refractivity contribution in [3.8, 4) is 17.1 Å². The minimum Gasteiger partial charge on any atom is -0.497 e. The molecule has 0 spiro atoms. The minimum absolute atomic E-state index is 0.0575. The van der Waals surface area contributed by atoms with Crippen molar-refractivity contribution >= 4 is 11.3 Å². The molecule has 0 atom stereocenters. The van der Waals surface area contributed by atoms with Gasteiger partial charge in [0.2, 0.25) is 0 Å². The summed E-state index contributed by atoms with van der Waals surface area (Å²) in [6.07, 6.45) is 0.790. The molecule has 0 aliphatic carbocycles. The number of ether oxygens (including phenoxy) is 2. The van der Waals surface area contributed by atoms with Crippen molar-refractivity contribution in [1.82, 2.24) is 10.5 Å². The van der Waals surface area contributed by atoms with Gasteiger partial charge in [0.25, 0.3) is 0 Å². The van der Waals surface area contributed by atoms with E-state index < -0.39 is 0 Å². The second-order valence-corrected chi connectivity index (χ2v) is 7.33. The van der Waals surface area contributed by atoms with E-state index >= 15 is 0 Å². The number of benzene rings is 1. The molecule has 1 saturated heterocycles. The maximum absolute atomic E-state index is 5.53. The Morgan fingerprint density at radius 3 is 2.72 bits per heavy atom. The zero-order valence-corrected chi connectivity index (χ0v) is 14.8. The molecule has 0 radical (unpaired) electrons. The van der Waals surface area contributed by atoms with Crippen molar-refractivity contribution < 1.29 is 14.0 Å². The van der Waals surface area contributed by atoms with Gasteiger partial charge < -0.3 is 19.3 Å². The fraction of sp³-hybridized carbons (Fsp3) is 0.316. The van der Waals surface area contributed by atoms with Gasteiger partial charge in [-0.2, -0.15) is 0 Å². The highest BCUT2D eigenvalue weighted by Crippen LogP contribution is 2.27. The van der Waals surface area contributed by atoms with E-state index in [-0.39, 0.29) is 5.54 Å². The SMILES string of the molecule is COc1ccc(-c2cc(CC3(NCc4cccs4)COC3)no2)cc1. The van der Waals surface area contributed by atoms with Crippen LogP contribution in [0, 0.1) is 0 Å². The minimum atomic E-state index is -0.0575. The van der Waals surface area contributed by atoms with Crippen molar-refractivity contribution in [2.45, 2.75) is 18.5 Å². The van der Waals surface area contributed by atoms with Crippen LogP contribution >= 0.6 is 11.3 Å². The summed E-state index contributed by atoms with van der Waals surface area (Å²) in [5, 5.41) is 9.98. The Kier molecular flexibility index (Phi) is 4.57. The van der Waals surface area contributed by atoms with E-state index in [0.29, 0.717) is 13.2 Å².